The van der Waals surface area contributed by atoms with Gasteiger partial charge < -0.3 is 5.11 Å². The monoisotopic (exact) mass is 235 g/mol. The average Bonchev–Trinajstić information content (AvgIpc) is 2.65. The Morgan fingerprint density at radius 3 is 2.94 bits per heavy atom. The zero-order valence-corrected chi connectivity index (χ0v) is 10.5. The largest absolute Gasteiger partial charge is 0.396 e. The van der Waals surface area contributed by atoms with Crippen molar-refractivity contribution in [1.82, 2.24) is 4.98 Å². The maximum absolute atomic E-state index is 9.19. The summed E-state index contributed by atoms with van der Waals surface area (Å²) in [7, 11) is 0. The topological polar surface area (TPSA) is 33.1 Å². The van der Waals surface area contributed by atoms with Gasteiger partial charge in [0.1, 0.15) is 0 Å². The summed E-state index contributed by atoms with van der Waals surface area (Å²) in [6, 6.07) is 6.41. The first-order valence-corrected chi connectivity index (χ1v) is 6.51. The van der Waals surface area contributed by atoms with Crippen molar-refractivity contribution in [2.24, 2.45) is 5.92 Å². The Morgan fingerprint density at radius 2 is 2.25 bits per heavy atom. The molecule has 0 saturated heterocycles. The SMILES string of the molecule is CCC(CO)Cc1ccc2nc(C)sc2c1. The molecule has 0 amide bonds. The lowest BCUT2D eigenvalue weighted by Gasteiger charge is -2.10. The van der Waals surface area contributed by atoms with Gasteiger partial charge in [0.25, 0.3) is 0 Å². The van der Waals surface area contributed by atoms with E-state index in [2.05, 4.69) is 30.1 Å². The fraction of sp³-hybridized carbons (Fsp3) is 0.462. The highest BCUT2D eigenvalue weighted by Gasteiger charge is 2.07. The van der Waals surface area contributed by atoms with Crippen molar-refractivity contribution in [1.29, 1.82) is 0 Å². The summed E-state index contributed by atoms with van der Waals surface area (Å²) in [6.07, 6.45) is 1.98. The number of benzene rings is 1. The van der Waals surface area contributed by atoms with Gasteiger partial charge in [-0.3, -0.25) is 0 Å². The molecule has 2 nitrogen and oxygen atoms in total. The van der Waals surface area contributed by atoms with Crippen molar-refractivity contribution in [3.05, 3.63) is 28.8 Å². The first-order chi connectivity index (χ1) is 7.72. The Kier molecular flexibility index (Phi) is 3.56. The molecular weight excluding hydrogens is 218 g/mol. The molecular formula is C13H17NOS. The standard InChI is InChI=1S/C13H17NOS/c1-3-10(8-15)6-11-4-5-12-13(7-11)16-9(2)14-12/h4-5,7,10,15H,3,6,8H2,1-2H3. The second kappa shape index (κ2) is 4.93. The van der Waals surface area contributed by atoms with Crippen molar-refractivity contribution in [2.75, 3.05) is 6.61 Å². The van der Waals surface area contributed by atoms with Gasteiger partial charge in [-0.2, -0.15) is 0 Å². The van der Waals surface area contributed by atoms with Crippen LogP contribution in [0.4, 0.5) is 0 Å². The first kappa shape index (κ1) is 11.6. The van der Waals surface area contributed by atoms with E-state index in [1.807, 2.05) is 6.92 Å². The van der Waals surface area contributed by atoms with E-state index in [4.69, 9.17) is 0 Å². The van der Waals surface area contributed by atoms with Crippen LogP contribution in [0.1, 0.15) is 23.9 Å². The third-order valence-electron chi connectivity index (χ3n) is 2.92. The van der Waals surface area contributed by atoms with Gasteiger partial charge in [-0.15, -0.1) is 11.3 Å². The van der Waals surface area contributed by atoms with E-state index in [-0.39, 0.29) is 6.61 Å². The minimum absolute atomic E-state index is 0.274. The first-order valence-electron chi connectivity index (χ1n) is 5.70. The summed E-state index contributed by atoms with van der Waals surface area (Å²) in [5.74, 6) is 0.381. The van der Waals surface area contributed by atoms with Crippen molar-refractivity contribution >= 4 is 21.6 Å². The van der Waals surface area contributed by atoms with E-state index < -0.39 is 0 Å². The molecule has 0 spiro atoms. The summed E-state index contributed by atoms with van der Waals surface area (Å²) in [5.41, 5.74) is 2.39. The summed E-state index contributed by atoms with van der Waals surface area (Å²) in [6.45, 7) is 4.43. The zero-order valence-electron chi connectivity index (χ0n) is 9.73. The predicted octanol–water partition coefficient (Wildman–Crippen LogP) is 3.17. The van der Waals surface area contributed by atoms with Gasteiger partial charge in [0.15, 0.2) is 0 Å². The smallest absolute Gasteiger partial charge is 0.0907 e. The molecule has 3 heteroatoms. The number of aliphatic hydroxyl groups excluding tert-OH is 1. The fourth-order valence-corrected chi connectivity index (χ4v) is 2.77. The number of hydrogen-bond donors (Lipinski definition) is 1. The normalized spacial score (nSPS) is 13.2. The number of aryl methyl sites for hydroxylation is 1. The Hall–Kier alpha value is -0.930. The molecule has 0 fully saturated rings. The van der Waals surface area contributed by atoms with Crippen LogP contribution in [0.3, 0.4) is 0 Å². The average molecular weight is 235 g/mol. The van der Waals surface area contributed by atoms with Gasteiger partial charge in [-0.1, -0.05) is 19.4 Å². The van der Waals surface area contributed by atoms with E-state index in [1.165, 1.54) is 10.3 Å². The van der Waals surface area contributed by atoms with Gasteiger partial charge >= 0.3 is 0 Å². The molecule has 1 aromatic heterocycles. The Bertz CT molecular complexity index is 474. The van der Waals surface area contributed by atoms with Crippen LogP contribution in [0.15, 0.2) is 18.2 Å². The fourth-order valence-electron chi connectivity index (χ4n) is 1.88. The second-order valence-corrected chi connectivity index (χ2v) is 5.43. The molecule has 0 aliphatic heterocycles. The van der Waals surface area contributed by atoms with Crippen LogP contribution in [0.25, 0.3) is 10.2 Å². The molecule has 0 saturated carbocycles. The Labute approximate surface area is 100.0 Å². The van der Waals surface area contributed by atoms with Crippen LogP contribution in [0, 0.1) is 12.8 Å². The lowest BCUT2D eigenvalue weighted by Crippen LogP contribution is -2.07. The highest BCUT2D eigenvalue weighted by Crippen LogP contribution is 2.24. The molecule has 2 rings (SSSR count). The van der Waals surface area contributed by atoms with Crippen LogP contribution in [0.5, 0.6) is 0 Å². The predicted molar refractivity (Wildman–Crippen MR) is 68.9 cm³/mol. The molecule has 2 aromatic rings. The highest BCUT2D eigenvalue weighted by molar-refractivity contribution is 7.18. The Balaban J connectivity index is 2.24. The number of nitrogens with zero attached hydrogens (tertiary/aromatic N) is 1. The van der Waals surface area contributed by atoms with Crippen LogP contribution in [0.2, 0.25) is 0 Å². The van der Waals surface area contributed by atoms with Crippen LogP contribution < -0.4 is 0 Å². The van der Waals surface area contributed by atoms with E-state index in [0.29, 0.717) is 5.92 Å². The number of aliphatic hydroxyl groups is 1. The molecule has 0 aliphatic carbocycles. The van der Waals surface area contributed by atoms with E-state index >= 15 is 0 Å². The number of rotatable bonds is 4. The maximum atomic E-state index is 9.19. The molecule has 1 N–H and O–H groups in total. The van der Waals surface area contributed by atoms with Crippen LogP contribution >= 0.6 is 11.3 Å². The van der Waals surface area contributed by atoms with Crippen LogP contribution in [-0.2, 0) is 6.42 Å². The summed E-state index contributed by atoms with van der Waals surface area (Å²) in [4.78, 5) is 4.44. The minimum atomic E-state index is 0.274. The third kappa shape index (κ3) is 2.42. The lowest BCUT2D eigenvalue weighted by atomic mass is 9.98. The lowest BCUT2D eigenvalue weighted by molar-refractivity contribution is 0.222. The minimum Gasteiger partial charge on any atom is -0.396 e. The van der Waals surface area contributed by atoms with Gasteiger partial charge in [0, 0.05) is 6.61 Å². The zero-order chi connectivity index (χ0) is 11.5. The summed E-state index contributed by atoms with van der Waals surface area (Å²) >= 11 is 1.73. The molecule has 1 aromatic carbocycles. The maximum Gasteiger partial charge on any atom is 0.0907 e. The van der Waals surface area contributed by atoms with E-state index in [0.717, 1.165) is 23.4 Å². The third-order valence-corrected chi connectivity index (χ3v) is 3.85. The quantitative estimate of drug-likeness (QED) is 0.883. The molecule has 0 aliphatic rings. The van der Waals surface area contributed by atoms with Crippen molar-refractivity contribution in [2.45, 2.75) is 26.7 Å². The molecule has 1 unspecified atom stereocenters. The van der Waals surface area contributed by atoms with Gasteiger partial charge in [0.2, 0.25) is 0 Å². The van der Waals surface area contributed by atoms with Crippen molar-refractivity contribution in [3.63, 3.8) is 0 Å². The van der Waals surface area contributed by atoms with E-state index in [9.17, 15) is 5.11 Å². The number of aromatic nitrogens is 1. The van der Waals surface area contributed by atoms with Gasteiger partial charge in [0.05, 0.1) is 15.2 Å². The molecule has 1 heterocycles. The number of hydrogen-bond acceptors (Lipinski definition) is 3. The molecule has 0 radical (unpaired) electrons. The molecule has 16 heavy (non-hydrogen) atoms. The summed E-state index contributed by atoms with van der Waals surface area (Å²) in [5, 5.41) is 10.3. The van der Waals surface area contributed by atoms with Crippen molar-refractivity contribution < 1.29 is 5.11 Å². The highest BCUT2D eigenvalue weighted by atomic mass is 32.1. The summed E-state index contributed by atoms with van der Waals surface area (Å²) < 4.78 is 1.25. The number of fused-ring (bicyclic) bond motifs is 1. The van der Waals surface area contributed by atoms with Gasteiger partial charge in [-0.25, -0.2) is 4.98 Å². The second-order valence-electron chi connectivity index (χ2n) is 4.20. The number of thiazole rings is 1. The van der Waals surface area contributed by atoms with Crippen molar-refractivity contribution in [3.8, 4) is 0 Å². The molecule has 86 valence electrons. The van der Waals surface area contributed by atoms with Crippen LogP contribution in [-0.4, -0.2) is 16.7 Å². The molecule has 0 bridgehead atoms. The van der Waals surface area contributed by atoms with Gasteiger partial charge in [-0.05, 0) is 37.0 Å². The van der Waals surface area contributed by atoms with E-state index in [1.54, 1.807) is 11.3 Å². The Morgan fingerprint density at radius 1 is 1.44 bits per heavy atom. The molecule has 1 atom stereocenters.